The van der Waals surface area contributed by atoms with Crippen molar-refractivity contribution < 1.29 is 19.8 Å². The van der Waals surface area contributed by atoms with Gasteiger partial charge in [-0.15, -0.1) is 0 Å². The van der Waals surface area contributed by atoms with E-state index in [-0.39, 0.29) is 29.3 Å². The Labute approximate surface area is 130 Å². The van der Waals surface area contributed by atoms with E-state index in [0.717, 1.165) is 11.1 Å². The van der Waals surface area contributed by atoms with Gasteiger partial charge < -0.3 is 10.2 Å². The smallest absolute Gasteiger partial charge is 0.159 e. The molecule has 0 amide bonds. The minimum absolute atomic E-state index is 0.0888. The molecule has 3 atom stereocenters. The van der Waals surface area contributed by atoms with Gasteiger partial charge in [0, 0.05) is 17.9 Å². The molecule has 0 radical (unpaired) electrons. The predicted molar refractivity (Wildman–Crippen MR) is 83.7 cm³/mol. The van der Waals surface area contributed by atoms with Gasteiger partial charge in [0.05, 0.1) is 11.5 Å². The van der Waals surface area contributed by atoms with Gasteiger partial charge in [0.2, 0.25) is 0 Å². The number of rotatable bonds is 3. The molecule has 1 aromatic carbocycles. The zero-order valence-corrected chi connectivity index (χ0v) is 13.4. The Morgan fingerprint density at radius 2 is 1.73 bits per heavy atom. The number of aliphatic hydroxyl groups excluding tert-OH is 1. The average molecular weight is 302 g/mol. The van der Waals surface area contributed by atoms with E-state index in [9.17, 15) is 19.8 Å². The number of aliphatic hydroxyl groups is 2. The van der Waals surface area contributed by atoms with Gasteiger partial charge in [-0.25, -0.2) is 0 Å². The van der Waals surface area contributed by atoms with Crippen LogP contribution in [0.5, 0.6) is 0 Å². The normalized spacial score (nSPS) is 28.6. The molecule has 0 saturated heterocycles. The Morgan fingerprint density at radius 1 is 1.18 bits per heavy atom. The first-order valence-electron chi connectivity index (χ1n) is 7.37. The maximum Gasteiger partial charge on any atom is 0.159 e. The maximum absolute atomic E-state index is 12.2. The molecule has 2 N–H and O–H groups in total. The van der Waals surface area contributed by atoms with Crippen molar-refractivity contribution >= 4 is 11.6 Å². The van der Waals surface area contributed by atoms with Crippen LogP contribution in [0.2, 0.25) is 0 Å². The lowest BCUT2D eigenvalue weighted by Gasteiger charge is -2.42. The van der Waals surface area contributed by atoms with E-state index in [0.29, 0.717) is 0 Å². The number of hydrogen-bond donors (Lipinski definition) is 2. The van der Waals surface area contributed by atoms with Crippen molar-refractivity contribution in [2.75, 3.05) is 0 Å². The van der Waals surface area contributed by atoms with Gasteiger partial charge in [0.1, 0.15) is 11.5 Å². The molecule has 0 bridgehead atoms. The van der Waals surface area contributed by atoms with Gasteiger partial charge in [-0.1, -0.05) is 29.8 Å². The van der Waals surface area contributed by atoms with Gasteiger partial charge in [-0.3, -0.25) is 9.59 Å². The molecule has 22 heavy (non-hydrogen) atoms. The third kappa shape index (κ3) is 2.83. The number of ketones is 2. The minimum Gasteiger partial charge on any atom is -0.512 e. The van der Waals surface area contributed by atoms with Gasteiger partial charge in [0.15, 0.2) is 5.78 Å². The van der Waals surface area contributed by atoms with Crippen molar-refractivity contribution in [3.05, 3.63) is 46.7 Å². The lowest BCUT2D eigenvalue weighted by atomic mass is 9.64. The number of carbonyl (C=O) groups excluding carboxylic acids is 2. The first kappa shape index (κ1) is 16.4. The number of carbonyl (C=O) groups is 2. The lowest BCUT2D eigenvalue weighted by Crippen LogP contribution is -2.47. The summed E-state index contributed by atoms with van der Waals surface area (Å²) >= 11 is 0. The SMILES string of the molecule is CC(=O)C1=C(O)C[C@@](C)(O)[C@H](C(C)=O)[C@@H]1c1ccc(C)cc1. The van der Waals surface area contributed by atoms with Crippen LogP contribution in [0, 0.1) is 12.8 Å². The summed E-state index contributed by atoms with van der Waals surface area (Å²) in [5.74, 6) is -1.98. The van der Waals surface area contributed by atoms with E-state index in [1.54, 1.807) is 0 Å². The molecule has 0 fully saturated rings. The quantitative estimate of drug-likeness (QED) is 0.900. The number of hydrogen-bond acceptors (Lipinski definition) is 4. The molecular weight excluding hydrogens is 280 g/mol. The fourth-order valence-corrected chi connectivity index (χ4v) is 3.48. The fourth-order valence-electron chi connectivity index (χ4n) is 3.48. The number of aryl methyl sites for hydroxylation is 1. The highest BCUT2D eigenvalue weighted by Gasteiger charge is 2.49. The molecular formula is C18H22O4. The zero-order chi connectivity index (χ0) is 16.7. The maximum atomic E-state index is 12.2. The summed E-state index contributed by atoms with van der Waals surface area (Å²) in [7, 11) is 0. The molecule has 0 unspecified atom stereocenters. The molecule has 0 aromatic heterocycles. The summed E-state index contributed by atoms with van der Waals surface area (Å²) in [6.07, 6.45) is -0.0888. The van der Waals surface area contributed by atoms with Crippen molar-refractivity contribution in [3.8, 4) is 0 Å². The second-order valence-electron chi connectivity index (χ2n) is 6.43. The molecule has 118 valence electrons. The minimum atomic E-state index is -1.38. The Balaban J connectivity index is 2.69. The van der Waals surface area contributed by atoms with Crippen molar-refractivity contribution in [3.63, 3.8) is 0 Å². The van der Waals surface area contributed by atoms with Crippen LogP contribution in [0.1, 0.15) is 44.2 Å². The molecule has 4 nitrogen and oxygen atoms in total. The summed E-state index contributed by atoms with van der Waals surface area (Å²) in [6.45, 7) is 6.28. The van der Waals surface area contributed by atoms with Crippen molar-refractivity contribution in [2.45, 2.75) is 45.6 Å². The standard InChI is InChI=1S/C18H22O4/c1-10-5-7-13(8-6-10)16-15(11(2)19)14(21)9-18(4,22)17(16)12(3)20/h5-8,16-17,21-22H,9H2,1-4H3/t16-,17-,18-/m1/s1. The molecule has 1 aromatic rings. The molecule has 1 aliphatic carbocycles. The van der Waals surface area contributed by atoms with Crippen LogP contribution in [0.3, 0.4) is 0 Å². The highest BCUT2D eigenvalue weighted by molar-refractivity contribution is 5.97. The van der Waals surface area contributed by atoms with Crippen LogP contribution in [0.25, 0.3) is 0 Å². The van der Waals surface area contributed by atoms with Gasteiger partial charge in [0.25, 0.3) is 0 Å². The molecule has 0 saturated carbocycles. The first-order chi connectivity index (χ1) is 10.1. The summed E-state index contributed by atoms with van der Waals surface area (Å²) in [5, 5.41) is 20.9. The lowest BCUT2D eigenvalue weighted by molar-refractivity contribution is -0.132. The Bertz CT molecular complexity index is 638. The largest absolute Gasteiger partial charge is 0.512 e. The van der Waals surface area contributed by atoms with Crippen molar-refractivity contribution in [2.24, 2.45) is 5.92 Å². The van der Waals surface area contributed by atoms with Crippen LogP contribution in [-0.4, -0.2) is 27.4 Å². The van der Waals surface area contributed by atoms with Crippen LogP contribution in [0.4, 0.5) is 0 Å². The van der Waals surface area contributed by atoms with E-state index >= 15 is 0 Å². The Kier molecular flexibility index (Phi) is 4.25. The molecule has 1 aliphatic rings. The van der Waals surface area contributed by atoms with E-state index in [1.807, 2.05) is 31.2 Å². The summed E-state index contributed by atoms with van der Waals surface area (Å²) in [4.78, 5) is 24.2. The van der Waals surface area contributed by atoms with Gasteiger partial charge >= 0.3 is 0 Å². The molecule has 4 heteroatoms. The fraction of sp³-hybridized carbons (Fsp3) is 0.444. The zero-order valence-electron chi connectivity index (χ0n) is 13.4. The van der Waals surface area contributed by atoms with Gasteiger partial charge in [-0.05, 0) is 33.3 Å². The summed E-state index contributed by atoms with van der Waals surface area (Å²) in [6, 6.07) is 7.47. The third-order valence-corrected chi connectivity index (χ3v) is 4.40. The summed E-state index contributed by atoms with van der Waals surface area (Å²) < 4.78 is 0. The highest BCUT2D eigenvalue weighted by Crippen LogP contribution is 2.46. The number of Topliss-reactive ketones (excluding diaryl/α,β-unsaturated/α-hetero) is 2. The van der Waals surface area contributed by atoms with E-state index in [1.165, 1.54) is 20.8 Å². The monoisotopic (exact) mass is 302 g/mol. The average Bonchev–Trinajstić information content (AvgIpc) is 2.36. The Morgan fingerprint density at radius 3 is 2.18 bits per heavy atom. The molecule has 0 aliphatic heterocycles. The highest BCUT2D eigenvalue weighted by atomic mass is 16.3. The summed E-state index contributed by atoms with van der Waals surface area (Å²) in [5.41, 5.74) is 0.658. The number of benzene rings is 1. The van der Waals surface area contributed by atoms with Crippen molar-refractivity contribution in [1.82, 2.24) is 0 Å². The second-order valence-corrected chi connectivity index (χ2v) is 6.43. The first-order valence-corrected chi connectivity index (χ1v) is 7.37. The van der Waals surface area contributed by atoms with Crippen LogP contribution < -0.4 is 0 Å². The van der Waals surface area contributed by atoms with E-state index in [4.69, 9.17) is 0 Å². The van der Waals surface area contributed by atoms with Crippen LogP contribution >= 0.6 is 0 Å². The van der Waals surface area contributed by atoms with Crippen LogP contribution in [0.15, 0.2) is 35.6 Å². The molecule has 0 spiro atoms. The number of allylic oxidation sites excluding steroid dienone is 1. The van der Waals surface area contributed by atoms with E-state index in [2.05, 4.69) is 0 Å². The second kappa shape index (κ2) is 5.69. The van der Waals surface area contributed by atoms with E-state index < -0.39 is 17.4 Å². The van der Waals surface area contributed by atoms with Gasteiger partial charge in [-0.2, -0.15) is 0 Å². The topological polar surface area (TPSA) is 74.6 Å². The predicted octanol–water partition coefficient (Wildman–Crippen LogP) is 2.84. The third-order valence-electron chi connectivity index (χ3n) is 4.40. The van der Waals surface area contributed by atoms with Crippen molar-refractivity contribution in [1.29, 1.82) is 0 Å². The Hall–Kier alpha value is -1.94. The molecule has 2 rings (SSSR count). The van der Waals surface area contributed by atoms with Crippen LogP contribution in [-0.2, 0) is 9.59 Å². The molecule has 0 heterocycles.